The summed E-state index contributed by atoms with van der Waals surface area (Å²) in [4.78, 5) is 0. The maximum atomic E-state index is 10.4. The van der Waals surface area contributed by atoms with Crippen LogP contribution in [0.1, 0.15) is 25.8 Å². The lowest BCUT2D eigenvalue weighted by Gasteiger charge is -2.26. The first-order valence-corrected chi connectivity index (χ1v) is 5.61. The van der Waals surface area contributed by atoms with Gasteiger partial charge in [0, 0.05) is 7.11 Å². The normalized spacial score (nSPS) is 14.5. The molecule has 0 radical (unpaired) electrons. The molecule has 1 atom stereocenters. The highest BCUT2D eigenvalue weighted by Crippen LogP contribution is 2.28. The van der Waals surface area contributed by atoms with Crippen LogP contribution in [0.4, 0.5) is 0 Å². The van der Waals surface area contributed by atoms with Crippen LogP contribution in [0.25, 0.3) is 0 Å². The lowest BCUT2D eigenvalue weighted by molar-refractivity contribution is -0.0387. The van der Waals surface area contributed by atoms with Crippen LogP contribution in [0.15, 0.2) is 24.3 Å². The van der Waals surface area contributed by atoms with Crippen molar-refractivity contribution in [3.63, 3.8) is 0 Å². The van der Waals surface area contributed by atoms with Crippen molar-refractivity contribution in [2.24, 2.45) is 0 Å². The van der Waals surface area contributed by atoms with Gasteiger partial charge in [-0.15, -0.1) is 0 Å². The van der Waals surface area contributed by atoms with E-state index in [1.165, 1.54) is 0 Å². The minimum atomic E-state index is -0.929. The zero-order valence-corrected chi connectivity index (χ0v) is 10.2. The van der Waals surface area contributed by atoms with Gasteiger partial charge in [-0.25, -0.2) is 0 Å². The smallest absolute Gasteiger partial charge is 0.119 e. The molecule has 0 saturated carbocycles. The van der Waals surface area contributed by atoms with Crippen molar-refractivity contribution in [3.05, 3.63) is 29.8 Å². The Morgan fingerprint density at radius 1 is 1.31 bits per heavy atom. The molecule has 0 spiro atoms. The fraction of sp³-hybridized carbons (Fsp3) is 0.538. The molecule has 0 aliphatic carbocycles. The molecule has 0 amide bonds. The Kier molecular flexibility index (Phi) is 4.77. The summed E-state index contributed by atoms with van der Waals surface area (Å²) < 4.78 is 10.5. The van der Waals surface area contributed by atoms with Crippen molar-refractivity contribution in [2.45, 2.75) is 25.9 Å². The monoisotopic (exact) mass is 224 g/mol. The van der Waals surface area contributed by atoms with Gasteiger partial charge in [-0.2, -0.15) is 0 Å². The van der Waals surface area contributed by atoms with E-state index in [4.69, 9.17) is 9.47 Å². The summed E-state index contributed by atoms with van der Waals surface area (Å²) in [5.41, 5.74) is -0.0928. The number of benzene rings is 1. The third kappa shape index (κ3) is 2.97. The summed E-state index contributed by atoms with van der Waals surface area (Å²) >= 11 is 0. The standard InChI is InChI=1S/C13H20O3/c1-4-13(14,10-15-3)11-7-6-8-12(9-11)16-5-2/h6-9,14H,4-5,10H2,1-3H3. The number of rotatable bonds is 6. The van der Waals surface area contributed by atoms with E-state index >= 15 is 0 Å². The van der Waals surface area contributed by atoms with E-state index < -0.39 is 5.60 Å². The highest BCUT2D eigenvalue weighted by Gasteiger charge is 2.27. The summed E-state index contributed by atoms with van der Waals surface area (Å²) in [6, 6.07) is 7.53. The van der Waals surface area contributed by atoms with E-state index in [9.17, 15) is 5.11 Å². The second kappa shape index (κ2) is 5.87. The number of hydrogen-bond donors (Lipinski definition) is 1. The van der Waals surface area contributed by atoms with E-state index in [-0.39, 0.29) is 0 Å². The highest BCUT2D eigenvalue weighted by molar-refractivity contribution is 5.32. The minimum Gasteiger partial charge on any atom is -0.494 e. The summed E-state index contributed by atoms with van der Waals surface area (Å²) in [6.07, 6.45) is 0.608. The molecule has 0 heterocycles. The van der Waals surface area contributed by atoms with Gasteiger partial charge in [0.2, 0.25) is 0 Å². The van der Waals surface area contributed by atoms with Crippen molar-refractivity contribution in [3.8, 4) is 5.75 Å². The maximum absolute atomic E-state index is 10.4. The fourth-order valence-electron chi connectivity index (χ4n) is 1.67. The van der Waals surface area contributed by atoms with Crippen molar-refractivity contribution in [2.75, 3.05) is 20.3 Å². The third-order valence-corrected chi connectivity index (χ3v) is 2.65. The Labute approximate surface area is 97.0 Å². The van der Waals surface area contributed by atoms with Gasteiger partial charge in [0.25, 0.3) is 0 Å². The molecule has 0 aliphatic heterocycles. The molecule has 1 rings (SSSR count). The van der Waals surface area contributed by atoms with Gasteiger partial charge in [-0.05, 0) is 31.0 Å². The molecule has 3 nitrogen and oxygen atoms in total. The number of methoxy groups -OCH3 is 1. The Morgan fingerprint density at radius 2 is 2.06 bits per heavy atom. The molecule has 0 aromatic heterocycles. The van der Waals surface area contributed by atoms with E-state index in [0.717, 1.165) is 11.3 Å². The van der Waals surface area contributed by atoms with Crippen LogP contribution in [0.3, 0.4) is 0 Å². The van der Waals surface area contributed by atoms with Crippen molar-refractivity contribution in [1.29, 1.82) is 0 Å². The molecule has 1 aromatic carbocycles. The number of aliphatic hydroxyl groups is 1. The number of hydrogen-bond acceptors (Lipinski definition) is 3. The summed E-state index contributed by atoms with van der Waals surface area (Å²) in [5, 5.41) is 10.4. The molecule has 0 saturated heterocycles. The van der Waals surface area contributed by atoms with Crippen LogP contribution in [0.2, 0.25) is 0 Å². The van der Waals surface area contributed by atoms with E-state index in [1.807, 2.05) is 38.1 Å². The summed E-state index contributed by atoms with van der Waals surface area (Å²) in [6.45, 7) is 4.79. The predicted octanol–water partition coefficient (Wildman–Crippen LogP) is 2.33. The molecule has 16 heavy (non-hydrogen) atoms. The van der Waals surface area contributed by atoms with E-state index in [1.54, 1.807) is 7.11 Å². The maximum Gasteiger partial charge on any atom is 0.119 e. The second-order valence-corrected chi connectivity index (χ2v) is 3.78. The molecule has 1 aromatic rings. The average Bonchev–Trinajstić information content (AvgIpc) is 2.30. The lowest BCUT2D eigenvalue weighted by atomic mass is 9.92. The quantitative estimate of drug-likeness (QED) is 0.806. The van der Waals surface area contributed by atoms with Gasteiger partial charge in [-0.1, -0.05) is 19.1 Å². The molecule has 90 valence electrons. The van der Waals surface area contributed by atoms with Gasteiger partial charge >= 0.3 is 0 Å². The van der Waals surface area contributed by atoms with Crippen molar-refractivity contribution >= 4 is 0 Å². The summed E-state index contributed by atoms with van der Waals surface area (Å²) in [7, 11) is 1.59. The number of ether oxygens (including phenoxy) is 2. The largest absolute Gasteiger partial charge is 0.494 e. The van der Waals surface area contributed by atoms with Gasteiger partial charge in [0.15, 0.2) is 0 Å². The van der Waals surface area contributed by atoms with Crippen molar-refractivity contribution in [1.82, 2.24) is 0 Å². The molecule has 3 heteroatoms. The zero-order chi connectivity index (χ0) is 12.0. The minimum absolute atomic E-state index is 0.291. The van der Waals surface area contributed by atoms with Gasteiger partial charge in [-0.3, -0.25) is 0 Å². The van der Waals surface area contributed by atoms with E-state index in [0.29, 0.717) is 19.6 Å². The Hall–Kier alpha value is -1.06. The van der Waals surface area contributed by atoms with Gasteiger partial charge < -0.3 is 14.6 Å². The first-order chi connectivity index (χ1) is 7.66. The average molecular weight is 224 g/mol. The lowest BCUT2D eigenvalue weighted by Crippen LogP contribution is -2.30. The molecule has 0 aliphatic rings. The SMILES string of the molecule is CCOc1cccc(C(O)(CC)COC)c1. The van der Waals surface area contributed by atoms with E-state index in [2.05, 4.69) is 0 Å². The van der Waals surface area contributed by atoms with Crippen LogP contribution in [-0.2, 0) is 10.3 Å². The van der Waals surface area contributed by atoms with Crippen molar-refractivity contribution < 1.29 is 14.6 Å². The van der Waals surface area contributed by atoms with Gasteiger partial charge in [0.1, 0.15) is 11.4 Å². The molecule has 0 fully saturated rings. The fourth-order valence-corrected chi connectivity index (χ4v) is 1.67. The van der Waals surface area contributed by atoms with Crippen LogP contribution in [0.5, 0.6) is 5.75 Å². The molecular formula is C13H20O3. The van der Waals surface area contributed by atoms with Crippen LogP contribution in [0, 0.1) is 0 Å². The van der Waals surface area contributed by atoms with Crippen LogP contribution in [-0.4, -0.2) is 25.4 Å². The highest BCUT2D eigenvalue weighted by atomic mass is 16.5. The predicted molar refractivity (Wildman–Crippen MR) is 63.7 cm³/mol. The van der Waals surface area contributed by atoms with Crippen LogP contribution >= 0.6 is 0 Å². The Balaban J connectivity index is 2.96. The zero-order valence-electron chi connectivity index (χ0n) is 10.2. The molecule has 1 N–H and O–H groups in total. The first-order valence-electron chi connectivity index (χ1n) is 5.61. The first kappa shape index (κ1) is 13.0. The summed E-state index contributed by atoms with van der Waals surface area (Å²) in [5.74, 6) is 0.781. The Morgan fingerprint density at radius 3 is 2.62 bits per heavy atom. The van der Waals surface area contributed by atoms with Crippen LogP contribution < -0.4 is 4.74 Å². The molecule has 1 unspecified atom stereocenters. The third-order valence-electron chi connectivity index (χ3n) is 2.65. The Bertz CT molecular complexity index is 325. The second-order valence-electron chi connectivity index (χ2n) is 3.78. The molecular weight excluding hydrogens is 204 g/mol. The topological polar surface area (TPSA) is 38.7 Å². The molecule has 0 bridgehead atoms. The van der Waals surface area contributed by atoms with Gasteiger partial charge in [0.05, 0.1) is 13.2 Å².